The molecule has 3 aliphatic rings. The number of rotatable bonds is 2. The van der Waals surface area contributed by atoms with Crippen LogP contribution in [0, 0.1) is 0 Å². The van der Waals surface area contributed by atoms with Crippen LogP contribution in [0.4, 0.5) is 5.69 Å². The van der Waals surface area contributed by atoms with Crippen molar-refractivity contribution in [3.63, 3.8) is 0 Å². The highest BCUT2D eigenvalue weighted by Crippen LogP contribution is 2.36. The van der Waals surface area contributed by atoms with Crippen molar-refractivity contribution in [2.45, 2.75) is 6.54 Å². The van der Waals surface area contributed by atoms with Crippen LogP contribution in [0.1, 0.15) is 11.1 Å². The summed E-state index contributed by atoms with van der Waals surface area (Å²) in [4.78, 5) is 9.03. The molecule has 5 heteroatoms. The number of hydrogen-bond acceptors (Lipinski definition) is 4. The lowest BCUT2D eigenvalue weighted by molar-refractivity contribution is -0.917. The van der Waals surface area contributed by atoms with Gasteiger partial charge < -0.3 is 19.3 Å². The Hall–Kier alpha value is -3.05. The van der Waals surface area contributed by atoms with Gasteiger partial charge in [-0.05, 0) is 29.7 Å². The molecule has 0 bridgehead atoms. The number of fused-ring (bicyclic) bond motifs is 1. The molecule has 0 saturated carbocycles. The maximum Gasteiger partial charge on any atom is 0.231 e. The molecule has 1 N–H and O–H groups in total. The molecule has 28 heavy (non-hydrogen) atoms. The summed E-state index contributed by atoms with van der Waals surface area (Å²) in [5.41, 5.74) is 3.70. The molecule has 0 spiro atoms. The summed E-state index contributed by atoms with van der Waals surface area (Å²) < 4.78 is 10.9. The Morgan fingerprint density at radius 3 is 2.64 bits per heavy atom. The third-order valence-electron chi connectivity index (χ3n) is 6.01. The molecular formula is C23H22N3O2+. The van der Waals surface area contributed by atoms with Gasteiger partial charge in [0.05, 0.1) is 31.9 Å². The Labute approximate surface area is 163 Å². The van der Waals surface area contributed by atoms with Gasteiger partial charge in [0.2, 0.25) is 6.79 Å². The standard InChI is InChI=1S/C23H21N3O2/c1-3-17-4-2-6-19-22(17)18(5-1)23(24-19)26-11-9-25(10-12-26)14-16-7-8-20-21(13-16)28-15-27-20/h1-8,13H,9-12,14-15H2/p+1. The smallest absolute Gasteiger partial charge is 0.231 e. The minimum atomic E-state index is 0.335. The monoisotopic (exact) mass is 372 g/mol. The molecule has 0 atom stereocenters. The van der Waals surface area contributed by atoms with Crippen LogP contribution in [0.5, 0.6) is 11.5 Å². The lowest BCUT2D eigenvalue weighted by Gasteiger charge is -2.33. The molecule has 3 aliphatic heterocycles. The Morgan fingerprint density at radius 2 is 1.75 bits per heavy atom. The number of piperazine rings is 1. The van der Waals surface area contributed by atoms with E-state index in [1.54, 1.807) is 4.90 Å². The Kier molecular flexibility index (Phi) is 3.56. The van der Waals surface area contributed by atoms with Crippen LogP contribution in [-0.2, 0) is 6.54 Å². The van der Waals surface area contributed by atoms with Gasteiger partial charge in [0.25, 0.3) is 0 Å². The molecule has 0 radical (unpaired) electrons. The summed E-state index contributed by atoms with van der Waals surface area (Å²) >= 11 is 0. The molecule has 3 aromatic rings. The molecule has 0 aliphatic carbocycles. The number of quaternary nitrogens is 1. The summed E-state index contributed by atoms with van der Waals surface area (Å²) in [5.74, 6) is 2.88. The molecule has 3 aromatic carbocycles. The van der Waals surface area contributed by atoms with Crippen molar-refractivity contribution in [2.24, 2.45) is 4.99 Å². The maximum absolute atomic E-state index is 5.52. The van der Waals surface area contributed by atoms with Gasteiger partial charge >= 0.3 is 0 Å². The zero-order valence-electron chi connectivity index (χ0n) is 15.6. The highest BCUT2D eigenvalue weighted by Gasteiger charge is 2.28. The fourth-order valence-corrected chi connectivity index (χ4v) is 4.57. The summed E-state index contributed by atoms with van der Waals surface area (Å²) in [5, 5.41) is 2.58. The van der Waals surface area contributed by atoms with Crippen molar-refractivity contribution in [3.05, 3.63) is 65.7 Å². The van der Waals surface area contributed by atoms with Crippen LogP contribution >= 0.6 is 0 Å². The van der Waals surface area contributed by atoms with Gasteiger partial charge in [-0.3, -0.25) is 0 Å². The fourth-order valence-electron chi connectivity index (χ4n) is 4.57. The SMILES string of the molecule is c1cc2c3c(cccc3c1)C(N1CC[NH+](Cc3ccc4c(c3)OCO4)CC1)=N2. The summed E-state index contributed by atoms with van der Waals surface area (Å²) in [7, 11) is 0. The average molecular weight is 372 g/mol. The van der Waals surface area contributed by atoms with Gasteiger partial charge in [0.15, 0.2) is 11.5 Å². The highest BCUT2D eigenvalue weighted by molar-refractivity contribution is 6.18. The number of nitrogens with zero attached hydrogens (tertiary/aromatic N) is 2. The number of benzene rings is 3. The van der Waals surface area contributed by atoms with Crippen molar-refractivity contribution in [3.8, 4) is 11.5 Å². The van der Waals surface area contributed by atoms with Gasteiger partial charge in [-0.2, -0.15) is 0 Å². The van der Waals surface area contributed by atoms with Crippen molar-refractivity contribution in [1.29, 1.82) is 0 Å². The molecule has 140 valence electrons. The molecule has 0 unspecified atom stereocenters. The van der Waals surface area contributed by atoms with E-state index in [-0.39, 0.29) is 0 Å². The molecule has 5 nitrogen and oxygen atoms in total. The van der Waals surface area contributed by atoms with E-state index in [0.717, 1.165) is 55.7 Å². The van der Waals surface area contributed by atoms with Crippen LogP contribution in [-0.4, -0.2) is 43.7 Å². The molecule has 1 saturated heterocycles. The maximum atomic E-state index is 5.52. The normalized spacial score (nSPS) is 18.0. The molecule has 0 aromatic heterocycles. The van der Waals surface area contributed by atoms with E-state index in [0.29, 0.717) is 6.79 Å². The van der Waals surface area contributed by atoms with Crippen LogP contribution < -0.4 is 14.4 Å². The van der Waals surface area contributed by atoms with Crippen molar-refractivity contribution >= 4 is 22.3 Å². The number of hydrogen-bond donors (Lipinski definition) is 1. The Balaban J connectivity index is 1.17. The highest BCUT2D eigenvalue weighted by atomic mass is 16.7. The van der Waals surface area contributed by atoms with Crippen LogP contribution in [0.25, 0.3) is 10.8 Å². The second-order valence-electron chi connectivity index (χ2n) is 7.72. The molecule has 3 heterocycles. The largest absolute Gasteiger partial charge is 0.454 e. The van der Waals surface area contributed by atoms with E-state index in [2.05, 4.69) is 53.4 Å². The summed E-state index contributed by atoms with van der Waals surface area (Å²) in [6, 6.07) is 19.2. The second kappa shape index (κ2) is 6.24. The van der Waals surface area contributed by atoms with Gasteiger partial charge in [-0.1, -0.05) is 30.3 Å². The van der Waals surface area contributed by atoms with Gasteiger partial charge in [0.1, 0.15) is 12.4 Å². The van der Waals surface area contributed by atoms with Gasteiger partial charge in [-0.25, -0.2) is 4.99 Å². The minimum absolute atomic E-state index is 0.335. The third-order valence-corrected chi connectivity index (χ3v) is 6.01. The zero-order valence-corrected chi connectivity index (χ0v) is 15.6. The molecular weight excluding hydrogens is 350 g/mol. The number of nitrogens with one attached hydrogen (secondary N) is 1. The van der Waals surface area contributed by atoms with E-state index in [1.807, 2.05) is 6.07 Å². The predicted octanol–water partition coefficient (Wildman–Crippen LogP) is 2.36. The molecule has 6 rings (SSSR count). The van der Waals surface area contributed by atoms with Crippen LogP contribution in [0.15, 0.2) is 59.6 Å². The quantitative estimate of drug-likeness (QED) is 0.751. The van der Waals surface area contributed by atoms with Crippen molar-refractivity contribution in [2.75, 3.05) is 33.0 Å². The number of aliphatic imine (C=N–C) groups is 1. The zero-order chi connectivity index (χ0) is 18.5. The lowest BCUT2D eigenvalue weighted by atomic mass is 10.0. The van der Waals surface area contributed by atoms with E-state index in [4.69, 9.17) is 14.5 Å². The third kappa shape index (κ3) is 2.54. The Morgan fingerprint density at radius 1 is 0.929 bits per heavy atom. The summed E-state index contributed by atoms with van der Waals surface area (Å²) in [6.07, 6.45) is 0. The lowest BCUT2D eigenvalue weighted by Crippen LogP contribution is -3.13. The van der Waals surface area contributed by atoms with Crippen LogP contribution in [0.3, 0.4) is 0 Å². The predicted molar refractivity (Wildman–Crippen MR) is 109 cm³/mol. The topological polar surface area (TPSA) is 38.5 Å². The molecule has 0 amide bonds. The summed E-state index contributed by atoms with van der Waals surface area (Å²) in [6.45, 7) is 5.64. The minimum Gasteiger partial charge on any atom is -0.454 e. The van der Waals surface area contributed by atoms with Gasteiger partial charge in [-0.15, -0.1) is 0 Å². The number of amidine groups is 1. The van der Waals surface area contributed by atoms with E-state index < -0.39 is 0 Å². The Bertz CT molecular complexity index is 1090. The second-order valence-corrected chi connectivity index (χ2v) is 7.72. The molecule has 1 fully saturated rings. The van der Waals surface area contributed by atoms with E-state index >= 15 is 0 Å². The van der Waals surface area contributed by atoms with Gasteiger partial charge in [0, 0.05) is 16.5 Å². The first-order valence-electron chi connectivity index (χ1n) is 9.93. The average Bonchev–Trinajstić information content (AvgIpc) is 3.35. The van der Waals surface area contributed by atoms with Crippen molar-refractivity contribution < 1.29 is 14.4 Å². The first-order chi connectivity index (χ1) is 13.8. The first kappa shape index (κ1) is 16.0. The van der Waals surface area contributed by atoms with E-state index in [9.17, 15) is 0 Å². The van der Waals surface area contributed by atoms with E-state index in [1.165, 1.54) is 21.9 Å². The fraction of sp³-hybridized carbons (Fsp3) is 0.261. The number of ether oxygens (including phenoxy) is 2. The first-order valence-corrected chi connectivity index (χ1v) is 9.93. The van der Waals surface area contributed by atoms with Crippen LogP contribution in [0.2, 0.25) is 0 Å². The van der Waals surface area contributed by atoms with Crippen molar-refractivity contribution in [1.82, 2.24) is 4.90 Å².